The lowest BCUT2D eigenvalue weighted by molar-refractivity contribution is 0.454. The minimum Gasteiger partial charge on any atom is -0.493 e. The fourth-order valence-corrected chi connectivity index (χ4v) is 2.72. The van der Waals surface area contributed by atoms with Crippen LogP contribution in [0, 0.1) is 5.92 Å². The van der Waals surface area contributed by atoms with E-state index in [1.54, 1.807) is 16.8 Å². The van der Waals surface area contributed by atoms with Gasteiger partial charge >= 0.3 is 5.69 Å². The van der Waals surface area contributed by atoms with E-state index in [1.165, 1.54) is 12.8 Å². The first-order valence-electron chi connectivity index (χ1n) is 8.72. The first kappa shape index (κ1) is 15.1. The molecule has 4 N–H and O–H groups in total. The van der Waals surface area contributed by atoms with Crippen molar-refractivity contribution >= 4 is 17.7 Å². The molecular weight excluding hydrogens is 336 g/mol. The van der Waals surface area contributed by atoms with Crippen molar-refractivity contribution in [3.8, 4) is 5.88 Å². The summed E-state index contributed by atoms with van der Waals surface area (Å²) in [5, 5.41) is 18.0. The van der Waals surface area contributed by atoms with Crippen LogP contribution in [0.4, 0.5) is 5.95 Å². The van der Waals surface area contributed by atoms with Gasteiger partial charge in [0.1, 0.15) is 5.69 Å². The van der Waals surface area contributed by atoms with Crippen LogP contribution in [0.2, 0.25) is 0 Å². The third-order valence-electron chi connectivity index (χ3n) is 4.50. The highest BCUT2D eigenvalue weighted by Crippen LogP contribution is 2.28. The van der Waals surface area contributed by atoms with Crippen LogP contribution in [0.5, 0.6) is 5.88 Å². The van der Waals surface area contributed by atoms with Crippen LogP contribution < -0.4 is 21.8 Å². The van der Waals surface area contributed by atoms with Gasteiger partial charge in [-0.1, -0.05) is 0 Å². The van der Waals surface area contributed by atoms with Gasteiger partial charge in [-0.05, 0) is 37.7 Å². The van der Waals surface area contributed by atoms with Crippen molar-refractivity contribution in [1.82, 2.24) is 29.5 Å². The molecule has 0 aliphatic heterocycles. The smallest absolute Gasteiger partial charge is 0.326 e. The zero-order valence-corrected chi connectivity index (χ0v) is 13.9. The van der Waals surface area contributed by atoms with Crippen LogP contribution in [0.1, 0.15) is 31.4 Å². The second-order valence-corrected chi connectivity index (χ2v) is 6.85. The van der Waals surface area contributed by atoms with E-state index >= 15 is 0 Å². The van der Waals surface area contributed by atoms with Crippen LogP contribution in [0.25, 0.3) is 11.7 Å². The van der Waals surface area contributed by atoms with E-state index in [-0.39, 0.29) is 11.6 Å². The Morgan fingerprint density at radius 3 is 2.85 bits per heavy atom. The molecule has 5 rings (SSSR count). The number of H-pyrrole nitrogens is 2. The fraction of sp³-hybridized carbons (Fsp3) is 0.438. The van der Waals surface area contributed by atoms with Crippen LogP contribution in [-0.2, 0) is 0 Å². The monoisotopic (exact) mass is 354 g/mol. The lowest BCUT2D eigenvalue weighted by atomic mass is 10.3. The van der Waals surface area contributed by atoms with Crippen molar-refractivity contribution < 1.29 is 5.11 Å². The number of fused-ring (bicyclic) bond motifs is 1. The van der Waals surface area contributed by atoms with Crippen molar-refractivity contribution in [3.05, 3.63) is 33.2 Å². The summed E-state index contributed by atoms with van der Waals surface area (Å²) in [6, 6.07) is 0.297. The summed E-state index contributed by atoms with van der Waals surface area (Å²) in [5.74, 6) is 0.987. The van der Waals surface area contributed by atoms with Gasteiger partial charge in [-0.3, -0.25) is 4.98 Å². The number of rotatable bonds is 5. The van der Waals surface area contributed by atoms with Gasteiger partial charge in [-0.25, -0.2) is 9.79 Å². The van der Waals surface area contributed by atoms with E-state index in [0.29, 0.717) is 34.4 Å². The van der Waals surface area contributed by atoms with Crippen molar-refractivity contribution in [1.29, 1.82) is 0 Å². The van der Waals surface area contributed by atoms with Crippen molar-refractivity contribution in [3.63, 3.8) is 0 Å². The molecule has 10 nitrogen and oxygen atoms in total. The number of nitrogens with one attached hydrogen (secondary N) is 3. The molecule has 0 atom stereocenters. The zero-order chi connectivity index (χ0) is 17.7. The summed E-state index contributed by atoms with van der Waals surface area (Å²) >= 11 is 0. The number of aromatic hydroxyl groups is 1. The minimum atomic E-state index is -0.476. The summed E-state index contributed by atoms with van der Waals surface area (Å²) in [6.45, 7) is 0.845. The van der Waals surface area contributed by atoms with E-state index in [4.69, 9.17) is 0 Å². The SMILES string of the molecule is O=c1[nH]c(O)c(C=c2cnn3c(=NC4CC4)nc(NCC4CC4)nc23)[nH]1. The Labute approximate surface area is 146 Å². The van der Waals surface area contributed by atoms with Crippen LogP contribution >= 0.6 is 0 Å². The molecule has 0 amide bonds. The highest BCUT2D eigenvalue weighted by atomic mass is 16.3. The Morgan fingerprint density at radius 2 is 2.15 bits per heavy atom. The molecule has 0 radical (unpaired) electrons. The number of nitrogens with zero attached hydrogens (tertiary/aromatic N) is 5. The van der Waals surface area contributed by atoms with E-state index in [2.05, 4.69) is 35.3 Å². The van der Waals surface area contributed by atoms with E-state index < -0.39 is 5.69 Å². The lowest BCUT2D eigenvalue weighted by Crippen LogP contribution is -2.25. The molecule has 0 bridgehead atoms. The molecule has 2 aliphatic rings. The molecule has 3 heterocycles. The van der Waals surface area contributed by atoms with Gasteiger partial charge in [0.05, 0.1) is 12.2 Å². The molecule has 0 unspecified atom stereocenters. The van der Waals surface area contributed by atoms with Crippen molar-refractivity contribution in [2.75, 3.05) is 11.9 Å². The second-order valence-electron chi connectivity index (χ2n) is 6.85. The van der Waals surface area contributed by atoms with Gasteiger partial charge in [0.25, 0.3) is 5.62 Å². The Kier molecular flexibility index (Phi) is 3.30. The summed E-state index contributed by atoms with van der Waals surface area (Å²) in [6.07, 6.45) is 7.84. The Morgan fingerprint density at radius 1 is 1.31 bits per heavy atom. The van der Waals surface area contributed by atoms with E-state index in [1.807, 2.05) is 0 Å². The molecule has 26 heavy (non-hydrogen) atoms. The van der Waals surface area contributed by atoms with Gasteiger partial charge in [0, 0.05) is 11.8 Å². The number of hydrogen-bond acceptors (Lipinski definition) is 7. The minimum absolute atomic E-state index is 0.224. The summed E-state index contributed by atoms with van der Waals surface area (Å²) in [5.41, 5.74) is 0.883. The van der Waals surface area contributed by atoms with Crippen molar-refractivity contribution in [2.24, 2.45) is 10.9 Å². The third kappa shape index (κ3) is 2.93. The Hall–Kier alpha value is -3.17. The standard InChI is InChI=1S/C16H18N8O2/c25-13-11(20-16(26)22-13)5-9-7-18-24-12(9)21-14(17-6-8-1-2-8)23-15(24)19-10-3-4-10/h5,7-8,10,25H,1-4,6H2,(H,17,19,23)(H2,20,22,26). The predicted molar refractivity (Wildman–Crippen MR) is 92.4 cm³/mol. The Balaban J connectivity index is 1.65. The lowest BCUT2D eigenvalue weighted by Gasteiger charge is -2.04. The summed E-state index contributed by atoms with van der Waals surface area (Å²) in [7, 11) is 0. The molecule has 0 spiro atoms. The van der Waals surface area contributed by atoms with Crippen LogP contribution in [0.3, 0.4) is 0 Å². The highest BCUT2D eigenvalue weighted by Gasteiger charge is 2.22. The van der Waals surface area contributed by atoms with Gasteiger partial charge in [-0.15, -0.1) is 0 Å². The van der Waals surface area contributed by atoms with Gasteiger partial charge in [0.2, 0.25) is 11.8 Å². The van der Waals surface area contributed by atoms with Gasteiger partial charge in [-0.2, -0.15) is 19.6 Å². The third-order valence-corrected chi connectivity index (χ3v) is 4.50. The average Bonchev–Trinajstić information content (AvgIpc) is 3.52. The molecule has 2 fully saturated rings. The number of aromatic nitrogens is 6. The topological polar surface area (TPSA) is 136 Å². The molecule has 0 saturated heterocycles. The van der Waals surface area contributed by atoms with Gasteiger partial charge in [0.15, 0.2) is 5.65 Å². The molecule has 2 aliphatic carbocycles. The Bertz CT molecular complexity index is 1150. The van der Waals surface area contributed by atoms with Crippen molar-refractivity contribution in [2.45, 2.75) is 31.7 Å². The van der Waals surface area contributed by atoms with Crippen LogP contribution in [-0.4, -0.2) is 47.2 Å². The zero-order valence-electron chi connectivity index (χ0n) is 13.9. The normalized spacial score (nSPS) is 18.8. The summed E-state index contributed by atoms with van der Waals surface area (Å²) in [4.78, 5) is 29.8. The molecule has 3 aromatic rings. The fourth-order valence-electron chi connectivity index (χ4n) is 2.72. The molecule has 0 aromatic carbocycles. The molecular formula is C16H18N8O2. The molecule has 2 saturated carbocycles. The number of hydrogen-bond donors (Lipinski definition) is 4. The second kappa shape index (κ2) is 5.68. The number of imidazole rings is 1. The highest BCUT2D eigenvalue weighted by molar-refractivity contribution is 5.57. The largest absolute Gasteiger partial charge is 0.493 e. The molecule has 3 aromatic heterocycles. The summed E-state index contributed by atoms with van der Waals surface area (Å²) < 4.78 is 1.59. The molecule has 134 valence electrons. The number of aromatic amines is 2. The predicted octanol–water partition coefficient (Wildman–Crippen LogP) is -0.721. The quantitative estimate of drug-likeness (QED) is 0.477. The first-order valence-corrected chi connectivity index (χ1v) is 8.72. The van der Waals surface area contributed by atoms with Crippen LogP contribution in [0.15, 0.2) is 16.0 Å². The van der Waals surface area contributed by atoms with E-state index in [9.17, 15) is 9.90 Å². The maximum atomic E-state index is 11.3. The average molecular weight is 354 g/mol. The molecule has 10 heteroatoms. The first-order chi connectivity index (χ1) is 12.7. The maximum Gasteiger partial charge on any atom is 0.326 e. The van der Waals surface area contributed by atoms with Gasteiger partial charge < -0.3 is 15.4 Å². The van der Waals surface area contributed by atoms with E-state index in [0.717, 1.165) is 19.4 Å². The number of anilines is 1. The maximum absolute atomic E-state index is 11.3.